The number of hydrogen-bond donors (Lipinski definition) is 1. The van der Waals surface area contributed by atoms with Crippen molar-refractivity contribution in [3.8, 4) is 0 Å². The molecule has 1 N–H and O–H groups in total. The van der Waals surface area contributed by atoms with E-state index in [1.807, 2.05) is 79.7 Å². The number of nitrogens with one attached hydrogen (secondary N) is 1. The molecule has 0 bridgehead atoms. The maximum absolute atomic E-state index is 12.5. The predicted octanol–water partition coefficient (Wildman–Crippen LogP) is 6.13. The Morgan fingerprint density at radius 1 is 1.04 bits per heavy atom. The van der Waals surface area contributed by atoms with Crippen molar-refractivity contribution in [1.29, 1.82) is 0 Å². The van der Waals surface area contributed by atoms with E-state index in [0.29, 0.717) is 11.4 Å². The van der Waals surface area contributed by atoms with Gasteiger partial charge in [-0.15, -0.1) is 0 Å². The molecule has 4 rings (SSSR count). The number of carbonyl (C=O) groups excluding carboxylic acids is 1. The first kappa shape index (κ1) is 18.4. The van der Waals surface area contributed by atoms with Crippen molar-refractivity contribution in [2.24, 2.45) is 0 Å². The zero-order chi connectivity index (χ0) is 19.7. The fourth-order valence-corrected chi connectivity index (χ4v) is 3.76. The van der Waals surface area contributed by atoms with E-state index >= 15 is 0 Å². The van der Waals surface area contributed by atoms with Crippen molar-refractivity contribution in [2.45, 2.75) is 18.9 Å². The first-order valence-corrected chi connectivity index (χ1v) is 9.51. The molecular formula is C23H21ClN2O2. The van der Waals surface area contributed by atoms with Crippen LogP contribution in [0.1, 0.15) is 18.1 Å². The van der Waals surface area contributed by atoms with Crippen LogP contribution in [0.3, 0.4) is 0 Å². The number of carbonyl (C=O) groups is 1. The lowest BCUT2D eigenvalue weighted by Gasteiger charge is -2.39. The molecule has 0 aromatic heterocycles. The topological polar surface area (TPSA) is 41.6 Å². The van der Waals surface area contributed by atoms with E-state index in [0.717, 1.165) is 28.2 Å². The summed E-state index contributed by atoms with van der Waals surface area (Å²) < 4.78 is 5.88. The molecule has 1 amide bonds. The van der Waals surface area contributed by atoms with E-state index in [4.69, 9.17) is 16.3 Å². The standard InChI is InChI=1S/C23H21ClN2O2/c1-23(15-16-8-4-3-5-9-16)18-14-17(25-20-11-7-6-10-19(20)24)12-13-21(18)26(2)22(27)28-23/h3-14,25H,15H2,1-2H3. The van der Waals surface area contributed by atoms with Gasteiger partial charge in [-0.3, -0.25) is 4.90 Å². The first-order valence-electron chi connectivity index (χ1n) is 9.13. The first-order chi connectivity index (χ1) is 13.5. The van der Waals surface area contributed by atoms with Gasteiger partial charge in [0.25, 0.3) is 0 Å². The minimum absolute atomic E-state index is 0.349. The lowest BCUT2D eigenvalue weighted by atomic mass is 9.86. The fraction of sp³-hybridized carbons (Fsp3) is 0.174. The van der Waals surface area contributed by atoms with Gasteiger partial charge in [0.2, 0.25) is 0 Å². The number of fused-ring (bicyclic) bond motifs is 1. The summed E-state index contributed by atoms with van der Waals surface area (Å²) in [7, 11) is 1.73. The predicted molar refractivity (Wildman–Crippen MR) is 114 cm³/mol. The van der Waals surface area contributed by atoms with Gasteiger partial charge in [0.05, 0.1) is 16.4 Å². The van der Waals surface area contributed by atoms with Gasteiger partial charge in [-0.2, -0.15) is 0 Å². The van der Waals surface area contributed by atoms with Gasteiger partial charge in [-0.05, 0) is 42.8 Å². The van der Waals surface area contributed by atoms with Crippen LogP contribution in [-0.2, 0) is 16.8 Å². The Morgan fingerprint density at radius 3 is 2.50 bits per heavy atom. The molecule has 0 radical (unpaired) electrons. The summed E-state index contributed by atoms with van der Waals surface area (Å²) in [5, 5.41) is 4.01. The van der Waals surface area contributed by atoms with Gasteiger partial charge in [0, 0.05) is 24.7 Å². The van der Waals surface area contributed by atoms with E-state index in [1.54, 1.807) is 11.9 Å². The second-order valence-corrected chi connectivity index (χ2v) is 7.56. The zero-order valence-electron chi connectivity index (χ0n) is 15.8. The second kappa shape index (κ2) is 7.21. The highest BCUT2D eigenvalue weighted by Crippen LogP contribution is 2.42. The molecule has 5 heteroatoms. The molecule has 28 heavy (non-hydrogen) atoms. The summed E-state index contributed by atoms with van der Waals surface area (Å²) in [5.41, 5.74) is 3.86. The lowest BCUT2D eigenvalue weighted by Crippen LogP contribution is -2.44. The molecule has 3 aromatic carbocycles. The van der Waals surface area contributed by atoms with Crippen LogP contribution in [0.4, 0.5) is 21.9 Å². The van der Waals surface area contributed by atoms with Crippen molar-refractivity contribution in [3.05, 3.63) is 88.9 Å². The zero-order valence-corrected chi connectivity index (χ0v) is 16.5. The molecule has 0 spiro atoms. The normalized spacial score (nSPS) is 18.4. The van der Waals surface area contributed by atoms with E-state index < -0.39 is 5.60 Å². The maximum Gasteiger partial charge on any atom is 0.414 e. The molecular weight excluding hydrogens is 372 g/mol. The summed E-state index contributed by atoms with van der Waals surface area (Å²) in [6, 6.07) is 23.6. The second-order valence-electron chi connectivity index (χ2n) is 7.16. The molecule has 1 unspecified atom stereocenters. The molecule has 1 aliphatic heterocycles. The Kier molecular flexibility index (Phi) is 4.73. The third-order valence-electron chi connectivity index (χ3n) is 5.05. The summed E-state index contributed by atoms with van der Waals surface area (Å²) in [6.45, 7) is 1.96. The number of rotatable bonds is 4. The highest BCUT2D eigenvalue weighted by molar-refractivity contribution is 6.33. The average Bonchev–Trinajstić information content (AvgIpc) is 2.69. The van der Waals surface area contributed by atoms with Gasteiger partial charge >= 0.3 is 6.09 Å². The minimum atomic E-state index is -0.765. The van der Waals surface area contributed by atoms with E-state index in [9.17, 15) is 4.79 Å². The fourth-order valence-electron chi connectivity index (χ4n) is 3.58. The Balaban J connectivity index is 1.74. The Bertz CT molecular complexity index is 1020. The van der Waals surface area contributed by atoms with Gasteiger partial charge in [-0.25, -0.2) is 4.79 Å². The maximum atomic E-state index is 12.5. The van der Waals surface area contributed by atoms with Crippen molar-refractivity contribution in [2.75, 3.05) is 17.3 Å². The third kappa shape index (κ3) is 3.43. The highest BCUT2D eigenvalue weighted by Gasteiger charge is 2.40. The van der Waals surface area contributed by atoms with Gasteiger partial charge < -0.3 is 10.1 Å². The summed E-state index contributed by atoms with van der Waals surface area (Å²) >= 11 is 6.28. The number of hydrogen-bond acceptors (Lipinski definition) is 3. The number of anilines is 3. The lowest BCUT2D eigenvalue weighted by molar-refractivity contribution is 0.0215. The van der Waals surface area contributed by atoms with Crippen LogP contribution in [0.15, 0.2) is 72.8 Å². The van der Waals surface area contributed by atoms with Crippen LogP contribution in [0.2, 0.25) is 5.02 Å². The third-order valence-corrected chi connectivity index (χ3v) is 5.38. The molecule has 1 heterocycles. The van der Waals surface area contributed by atoms with Crippen molar-refractivity contribution in [1.82, 2.24) is 0 Å². The van der Waals surface area contributed by atoms with Crippen LogP contribution in [0.5, 0.6) is 0 Å². The van der Waals surface area contributed by atoms with Crippen LogP contribution < -0.4 is 10.2 Å². The van der Waals surface area contributed by atoms with E-state index in [-0.39, 0.29) is 6.09 Å². The van der Waals surface area contributed by atoms with Crippen LogP contribution >= 0.6 is 11.6 Å². The van der Waals surface area contributed by atoms with Gasteiger partial charge in [-0.1, -0.05) is 54.1 Å². The monoisotopic (exact) mass is 392 g/mol. The number of benzene rings is 3. The van der Waals surface area contributed by atoms with Crippen molar-refractivity contribution < 1.29 is 9.53 Å². The summed E-state index contributed by atoms with van der Waals surface area (Å²) in [4.78, 5) is 14.0. The Morgan fingerprint density at radius 2 is 1.75 bits per heavy atom. The SMILES string of the molecule is CN1C(=O)OC(C)(Cc2ccccc2)c2cc(Nc3ccccc3Cl)ccc21. The van der Waals surface area contributed by atoms with Crippen molar-refractivity contribution >= 4 is 34.8 Å². The smallest absolute Gasteiger partial charge is 0.414 e. The summed E-state index contributed by atoms with van der Waals surface area (Å²) in [5.74, 6) is 0. The number of nitrogens with zero attached hydrogens (tertiary/aromatic N) is 1. The van der Waals surface area contributed by atoms with Gasteiger partial charge in [0.15, 0.2) is 0 Å². The van der Waals surface area contributed by atoms with Gasteiger partial charge in [0.1, 0.15) is 5.60 Å². The van der Waals surface area contributed by atoms with E-state index in [2.05, 4.69) is 5.32 Å². The number of cyclic esters (lactones) is 1. The average molecular weight is 393 g/mol. The summed E-state index contributed by atoms with van der Waals surface area (Å²) in [6.07, 6.45) is 0.244. The quantitative estimate of drug-likeness (QED) is 0.580. The molecule has 142 valence electrons. The molecule has 0 aliphatic carbocycles. The van der Waals surface area contributed by atoms with Crippen LogP contribution in [0.25, 0.3) is 0 Å². The highest BCUT2D eigenvalue weighted by atomic mass is 35.5. The van der Waals surface area contributed by atoms with E-state index in [1.165, 1.54) is 0 Å². The molecule has 0 fully saturated rings. The van der Waals surface area contributed by atoms with Crippen LogP contribution in [0, 0.1) is 0 Å². The number of ether oxygens (including phenoxy) is 1. The van der Waals surface area contributed by atoms with Crippen LogP contribution in [-0.4, -0.2) is 13.1 Å². The molecule has 1 aliphatic rings. The molecule has 4 nitrogen and oxygen atoms in total. The Hall–Kier alpha value is -2.98. The molecule has 0 saturated heterocycles. The number of para-hydroxylation sites is 1. The van der Waals surface area contributed by atoms with Crippen molar-refractivity contribution in [3.63, 3.8) is 0 Å². The minimum Gasteiger partial charge on any atom is -0.438 e. The molecule has 1 atom stereocenters. The molecule has 3 aromatic rings. The largest absolute Gasteiger partial charge is 0.438 e. The molecule has 0 saturated carbocycles. The number of halogens is 1. The Labute approximate surface area is 169 Å². The number of amides is 1.